The van der Waals surface area contributed by atoms with Crippen LogP contribution in [0.1, 0.15) is 65.7 Å². The van der Waals surface area contributed by atoms with Gasteiger partial charge in [-0.25, -0.2) is 0 Å². The molecule has 2 unspecified atom stereocenters. The van der Waals surface area contributed by atoms with Crippen molar-refractivity contribution in [2.45, 2.75) is 71.8 Å². The number of hydrogen-bond acceptors (Lipinski definition) is 2. The summed E-state index contributed by atoms with van der Waals surface area (Å²) in [4.78, 5) is 12.3. The summed E-state index contributed by atoms with van der Waals surface area (Å²) in [7, 11) is 0. The Labute approximate surface area is 124 Å². The van der Waals surface area contributed by atoms with Gasteiger partial charge in [0.1, 0.15) is 0 Å². The summed E-state index contributed by atoms with van der Waals surface area (Å²) in [6.45, 7) is 7.75. The van der Waals surface area contributed by atoms with Crippen molar-refractivity contribution >= 4 is 5.91 Å². The molecule has 3 heteroatoms. The zero-order valence-corrected chi connectivity index (χ0v) is 13.5. The van der Waals surface area contributed by atoms with Crippen molar-refractivity contribution in [2.24, 2.45) is 28.9 Å². The van der Waals surface area contributed by atoms with Gasteiger partial charge in [0, 0.05) is 18.5 Å². The molecule has 0 bridgehead atoms. The molecule has 2 aliphatic rings. The van der Waals surface area contributed by atoms with Gasteiger partial charge in [0.25, 0.3) is 0 Å². The molecule has 1 amide bonds. The van der Waals surface area contributed by atoms with Gasteiger partial charge in [0.05, 0.1) is 0 Å². The fourth-order valence-corrected chi connectivity index (χ4v) is 3.92. The number of carbonyl (C=O) groups excluding carboxylic acids is 1. The summed E-state index contributed by atoms with van der Waals surface area (Å²) in [6.07, 6.45) is 8.04. The molecule has 3 N–H and O–H groups in total. The van der Waals surface area contributed by atoms with E-state index in [0.717, 1.165) is 31.7 Å². The molecule has 3 nitrogen and oxygen atoms in total. The standard InChI is InChI=1S/C17H32N2O/c1-17(2,3)14-9-7-12(8-10-14)16(20)19-11-13-5-4-6-15(13)18/h12-15H,4-11,18H2,1-3H3,(H,19,20). The van der Waals surface area contributed by atoms with E-state index in [-0.39, 0.29) is 11.8 Å². The van der Waals surface area contributed by atoms with Gasteiger partial charge in [-0.3, -0.25) is 4.79 Å². The number of nitrogens with two attached hydrogens (primary N) is 1. The lowest BCUT2D eigenvalue weighted by molar-refractivity contribution is -0.126. The largest absolute Gasteiger partial charge is 0.356 e. The normalized spacial score (nSPS) is 35.0. The third kappa shape index (κ3) is 3.97. The molecule has 0 saturated heterocycles. The van der Waals surface area contributed by atoms with E-state index < -0.39 is 0 Å². The van der Waals surface area contributed by atoms with Gasteiger partial charge < -0.3 is 11.1 Å². The molecule has 2 saturated carbocycles. The number of carbonyl (C=O) groups is 1. The highest BCUT2D eigenvalue weighted by Gasteiger charge is 2.32. The summed E-state index contributed by atoms with van der Waals surface area (Å²) >= 11 is 0. The lowest BCUT2D eigenvalue weighted by atomic mass is 9.69. The zero-order chi connectivity index (χ0) is 14.8. The molecule has 0 aromatic carbocycles. The quantitative estimate of drug-likeness (QED) is 0.834. The summed E-state index contributed by atoms with van der Waals surface area (Å²) in [5.74, 6) is 1.79. The number of nitrogens with one attached hydrogen (secondary N) is 1. The monoisotopic (exact) mass is 280 g/mol. The number of amides is 1. The fraction of sp³-hybridized carbons (Fsp3) is 0.941. The maximum Gasteiger partial charge on any atom is 0.223 e. The van der Waals surface area contributed by atoms with E-state index >= 15 is 0 Å². The van der Waals surface area contributed by atoms with Gasteiger partial charge in [0.2, 0.25) is 5.91 Å². The first-order chi connectivity index (χ1) is 9.38. The SMILES string of the molecule is CC(C)(C)C1CCC(C(=O)NCC2CCCC2N)CC1. The van der Waals surface area contributed by atoms with Crippen LogP contribution in [0.3, 0.4) is 0 Å². The summed E-state index contributed by atoms with van der Waals surface area (Å²) < 4.78 is 0. The Morgan fingerprint density at radius 1 is 1.10 bits per heavy atom. The Morgan fingerprint density at radius 2 is 1.75 bits per heavy atom. The van der Waals surface area contributed by atoms with E-state index in [1.807, 2.05) is 0 Å². The van der Waals surface area contributed by atoms with Gasteiger partial charge in [-0.15, -0.1) is 0 Å². The number of rotatable bonds is 3. The van der Waals surface area contributed by atoms with Crippen molar-refractivity contribution in [2.75, 3.05) is 6.54 Å². The van der Waals surface area contributed by atoms with Crippen LogP contribution in [0.25, 0.3) is 0 Å². The van der Waals surface area contributed by atoms with Crippen LogP contribution in [-0.2, 0) is 4.79 Å². The first kappa shape index (κ1) is 15.8. The third-order valence-electron chi connectivity index (χ3n) is 5.58. The summed E-state index contributed by atoms with van der Waals surface area (Å²) in [5, 5.41) is 3.16. The minimum absolute atomic E-state index is 0.242. The lowest BCUT2D eigenvalue weighted by Gasteiger charge is -2.36. The lowest BCUT2D eigenvalue weighted by Crippen LogP contribution is -2.40. The van der Waals surface area contributed by atoms with Crippen molar-refractivity contribution < 1.29 is 4.79 Å². The maximum absolute atomic E-state index is 12.3. The average molecular weight is 280 g/mol. The van der Waals surface area contributed by atoms with Crippen molar-refractivity contribution in [3.05, 3.63) is 0 Å². The molecule has 0 aromatic heterocycles. The smallest absolute Gasteiger partial charge is 0.223 e. The molecule has 0 heterocycles. The second kappa shape index (κ2) is 6.46. The Hall–Kier alpha value is -0.570. The average Bonchev–Trinajstić information content (AvgIpc) is 2.81. The van der Waals surface area contributed by atoms with Crippen LogP contribution in [0, 0.1) is 23.2 Å². The van der Waals surface area contributed by atoms with Crippen LogP contribution < -0.4 is 11.1 Å². The van der Waals surface area contributed by atoms with E-state index in [4.69, 9.17) is 5.73 Å². The van der Waals surface area contributed by atoms with Crippen LogP contribution in [0.15, 0.2) is 0 Å². The molecule has 116 valence electrons. The van der Waals surface area contributed by atoms with E-state index in [1.54, 1.807) is 0 Å². The van der Waals surface area contributed by atoms with Crippen LogP contribution in [-0.4, -0.2) is 18.5 Å². The molecular formula is C17H32N2O. The van der Waals surface area contributed by atoms with E-state index in [1.165, 1.54) is 25.7 Å². The summed E-state index contributed by atoms with van der Waals surface area (Å²) in [5.41, 5.74) is 6.45. The Morgan fingerprint density at radius 3 is 2.25 bits per heavy atom. The van der Waals surface area contributed by atoms with E-state index in [9.17, 15) is 4.79 Å². The molecular weight excluding hydrogens is 248 g/mol. The van der Waals surface area contributed by atoms with E-state index in [0.29, 0.717) is 17.4 Å². The predicted molar refractivity (Wildman–Crippen MR) is 83.2 cm³/mol. The van der Waals surface area contributed by atoms with Gasteiger partial charge in [-0.05, 0) is 55.8 Å². The fourth-order valence-electron chi connectivity index (χ4n) is 3.92. The Bertz CT molecular complexity index is 326. The Kier molecular flexibility index (Phi) is 5.11. The zero-order valence-electron chi connectivity index (χ0n) is 13.5. The molecule has 20 heavy (non-hydrogen) atoms. The van der Waals surface area contributed by atoms with Crippen LogP contribution in [0.2, 0.25) is 0 Å². The van der Waals surface area contributed by atoms with Crippen molar-refractivity contribution in [3.63, 3.8) is 0 Å². The first-order valence-corrected chi connectivity index (χ1v) is 8.41. The third-order valence-corrected chi connectivity index (χ3v) is 5.58. The molecule has 2 atom stereocenters. The van der Waals surface area contributed by atoms with Crippen LogP contribution >= 0.6 is 0 Å². The van der Waals surface area contributed by atoms with Gasteiger partial charge in [-0.2, -0.15) is 0 Å². The molecule has 2 aliphatic carbocycles. The molecule has 0 radical (unpaired) electrons. The molecule has 2 rings (SSSR count). The maximum atomic E-state index is 12.3. The van der Waals surface area contributed by atoms with Crippen molar-refractivity contribution in [1.82, 2.24) is 5.32 Å². The minimum Gasteiger partial charge on any atom is -0.356 e. The highest BCUT2D eigenvalue weighted by Crippen LogP contribution is 2.39. The molecule has 0 aromatic rings. The van der Waals surface area contributed by atoms with Gasteiger partial charge >= 0.3 is 0 Å². The van der Waals surface area contributed by atoms with Crippen molar-refractivity contribution in [3.8, 4) is 0 Å². The highest BCUT2D eigenvalue weighted by atomic mass is 16.1. The highest BCUT2D eigenvalue weighted by molar-refractivity contribution is 5.78. The number of hydrogen-bond donors (Lipinski definition) is 2. The topological polar surface area (TPSA) is 55.1 Å². The van der Waals surface area contributed by atoms with Gasteiger partial charge in [0.15, 0.2) is 0 Å². The summed E-state index contributed by atoms with van der Waals surface area (Å²) in [6, 6.07) is 0.298. The van der Waals surface area contributed by atoms with Crippen LogP contribution in [0.4, 0.5) is 0 Å². The minimum atomic E-state index is 0.242. The van der Waals surface area contributed by atoms with Gasteiger partial charge in [-0.1, -0.05) is 27.2 Å². The first-order valence-electron chi connectivity index (χ1n) is 8.41. The molecule has 2 fully saturated rings. The van der Waals surface area contributed by atoms with Crippen molar-refractivity contribution in [1.29, 1.82) is 0 Å². The predicted octanol–water partition coefficient (Wildman–Crippen LogP) is 3.08. The molecule has 0 spiro atoms. The molecule has 0 aliphatic heterocycles. The Balaban J connectivity index is 1.72. The van der Waals surface area contributed by atoms with Crippen LogP contribution in [0.5, 0.6) is 0 Å². The second-order valence-electron chi connectivity index (χ2n) is 8.01. The second-order valence-corrected chi connectivity index (χ2v) is 8.01. The van der Waals surface area contributed by atoms with E-state index in [2.05, 4.69) is 26.1 Å².